The highest BCUT2D eigenvalue weighted by atomic mass is 32.2. The third-order valence-corrected chi connectivity index (χ3v) is 7.48. The lowest BCUT2D eigenvalue weighted by molar-refractivity contribution is 0.0383. The molecule has 0 radical (unpaired) electrons. The monoisotopic (exact) mass is 507 g/mol. The van der Waals surface area contributed by atoms with Crippen LogP contribution in [0.2, 0.25) is 0 Å². The van der Waals surface area contributed by atoms with Gasteiger partial charge < -0.3 is 10.1 Å². The molecule has 1 aromatic carbocycles. The average molecular weight is 508 g/mol. The van der Waals surface area contributed by atoms with E-state index in [-0.39, 0.29) is 5.91 Å². The standard InChI is InChI=1S/C24H25N7O2S2/c32-23(26-10-11-30-12-14-33-15-13-30)20-16-34-21(27-20)17-35-24-29-28-22(18-6-8-25-9-7-18)31(24)19-4-2-1-3-5-19/h1-9,16H,10-15,17H2,(H,26,32). The first-order valence-electron chi connectivity index (χ1n) is 11.3. The minimum absolute atomic E-state index is 0.141. The van der Waals surface area contributed by atoms with Gasteiger partial charge in [0, 0.05) is 55.2 Å². The van der Waals surface area contributed by atoms with Gasteiger partial charge in [-0.15, -0.1) is 21.5 Å². The number of nitrogens with zero attached hydrogens (tertiary/aromatic N) is 6. The van der Waals surface area contributed by atoms with E-state index in [1.807, 2.05) is 52.4 Å². The summed E-state index contributed by atoms with van der Waals surface area (Å²) >= 11 is 3.02. The Morgan fingerprint density at radius 2 is 1.89 bits per heavy atom. The number of amides is 1. The molecule has 1 fully saturated rings. The highest BCUT2D eigenvalue weighted by molar-refractivity contribution is 7.98. The number of morpholine rings is 1. The molecular weight excluding hydrogens is 482 g/mol. The van der Waals surface area contributed by atoms with Crippen molar-refractivity contribution in [1.82, 2.24) is 34.9 Å². The molecule has 5 rings (SSSR count). The summed E-state index contributed by atoms with van der Waals surface area (Å²) in [5.41, 5.74) is 2.37. The second-order valence-electron chi connectivity index (χ2n) is 7.84. The van der Waals surface area contributed by atoms with Crippen LogP contribution >= 0.6 is 23.1 Å². The van der Waals surface area contributed by atoms with Gasteiger partial charge in [-0.1, -0.05) is 30.0 Å². The Kier molecular flexibility index (Phi) is 7.79. The van der Waals surface area contributed by atoms with Crippen LogP contribution in [-0.4, -0.2) is 74.9 Å². The number of carbonyl (C=O) groups is 1. The second-order valence-corrected chi connectivity index (χ2v) is 9.72. The molecule has 0 bridgehead atoms. The Morgan fingerprint density at radius 1 is 1.09 bits per heavy atom. The summed E-state index contributed by atoms with van der Waals surface area (Å²) in [6.07, 6.45) is 3.49. The van der Waals surface area contributed by atoms with Crippen molar-refractivity contribution in [3.05, 3.63) is 70.9 Å². The SMILES string of the molecule is O=C(NCCN1CCOCC1)c1csc(CSc2nnc(-c3ccncc3)n2-c2ccccc2)n1. The number of nitrogens with one attached hydrogen (secondary N) is 1. The molecular formula is C24H25N7O2S2. The van der Waals surface area contributed by atoms with Crippen LogP contribution in [0.1, 0.15) is 15.5 Å². The van der Waals surface area contributed by atoms with Crippen molar-refractivity contribution in [2.75, 3.05) is 39.4 Å². The fourth-order valence-electron chi connectivity index (χ4n) is 3.71. The normalized spacial score (nSPS) is 14.2. The number of hydrogen-bond acceptors (Lipinski definition) is 9. The van der Waals surface area contributed by atoms with Crippen LogP contribution in [0.5, 0.6) is 0 Å². The van der Waals surface area contributed by atoms with Crippen LogP contribution in [0.25, 0.3) is 17.1 Å². The maximum absolute atomic E-state index is 12.5. The quantitative estimate of drug-likeness (QED) is 0.345. The minimum Gasteiger partial charge on any atom is -0.379 e. The van der Waals surface area contributed by atoms with Crippen molar-refractivity contribution in [2.45, 2.75) is 10.9 Å². The molecule has 0 unspecified atom stereocenters. The van der Waals surface area contributed by atoms with Gasteiger partial charge >= 0.3 is 0 Å². The minimum atomic E-state index is -0.141. The van der Waals surface area contributed by atoms with E-state index in [1.165, 1.54) is 11.3 Å². The van der Waals surface area contributed by atoms with Crippen LogP contribution in [0.3, 0.4) is 0 Å². The molecule has 1 saturated heterocycles. The first-order chi connectivity index (χ1) is 17.3. The van der Waals surface area contributed by atoms with E-state index in [1.54, 1.807) is 24.2 Å². The lowest BCUT2D eigenvalue weighted by atomic mass is 10.2. The van der Waals surface area contributed by atoms with Crippen molar-refractivity contribution in [2.24, 2.45) is 0 Å². The molecule has 11 heteroatoms. The van der Waals surface area contributed by atoms with Gasteiger partial charge in [0.25, 0.3) is 5.91 Å². The van der Waals surface area contributed by atoms with Crippen LogP contribution in [0.4, 0.5) is 0 Å². The number of carbonyl (C=O) groups excluding carboxylic acids is 1. The average Bonchev–Trinajstić information content (AvgIpc) is 3.56. The highest BCUT2D eigenvalue weighted by Crippen LogP contribution is 2.30. The van der Waals surface area contributed by atoms with E-state index < -0.39 is 0 Å². The van der Waals surface area contributed by atoms with Gasteiger partial charge in [-0.05, 0) is 24.3 Å². The highest BCUT2D eigenvalue weighted by Gasteiger charge is 2.18. The molecule has 1 aliphatic heterocycles. The lowest BCUT2D eigenvalue weighted by Crippen LogP contribution is -2.41. The van der Waals surface area contributed by atoms with E-state index in [0.29, 0.717) is 18.0 Å². The van der Waals surface area contributed by atoms with Crippen molar-refractivity contribution in [3.8, 4) is 17.1 Å². The summed E-state index contributed by atoms with van der Waals surface area (Å²) in [6, 6.07) is 13.9. The number of thioether (sulfide) groups is 1. The molecule has 4 aromatic rings. The molecule has 180 valence electrons. The lowest BCUT2D eigenvalue weighted by Gasteiger charge is -2.26. The zero-order valence-electron chi connectivity index (χ0n) is 19.0. The Labute approximate surface area is 211 Å². The van der Waals surface area contributed by atoms with Crippen molar-refractivity contribution in [3.63, 3.8) is 0 Å². The summed E-state index contributed by atoms with van der Waals surface area (Å²) in [4.78, 5) is 23.5. The Morgan fingerprint density at radius 3 is 2.69 bits per heavy atom. The first kappa shape index (κ1) is 23.6. The molecule has 1 aliphatic rings. The van der Waals surface area contributed by atoms with E-state index in [4.69, 9.17) is 4.74 Å². The van der Waals surface area contributed by atoms with Crippen LogP contribution < -0.4 is 5.32 Å². The van der Waals surface area contributed by atoms with E-state index in [9.17, 15) is 4.79 Å². The van der Waals surface area contributed by atoms with Gasteiger partial charge in [0.1, 0.15) is 10.7 Å². The molecule has 0 aliphatic carbocycles. The third-order valence-electron chi connectivity index (χ3n) is 5.51. The van der Waals surface area contributed by atoms with Gasteiger partial charge in [-0.25, -0.2) is 4.98 Å². The Balaban J connectivity index is 1.24. The number of pyridine rings is 1. The number of aromatic nitrogens is 5. The van der Waals surface area contributed by atoms with Gasteiger partial charge in [0.2, 0.25) is 0 Å². The maximum Gasteiger partial charge on any atom is 0.270 e. The Hall–Kier alpha value is -3.12. The summed E-state index contributed by atoms with van der Waals surface area (Å²) in [6.45, 7) is 4.73. The van der Waals surface area contributed by atoms with Crippen LogP contribution in [0, 0.1) is 0 Å². The largest absolute Gasteiger partial charge is 0.379 e. The van der Waals surface area contributed by atoms with E-state index in [0.717, 1.165) is 60.1 Å². The number of benzene rings is 1. The van der Waals surface area contributed by atoms with E-state index in [2.05, 4.69) is 30.4 Å². The molecule has 0 spiro atoms. The first-order valence-corrected chi connectivity index (χ1v) is 13.2. The van der Waals surface area contributed by atoms with Gasteiger partial charge in [0.05, 0.1) is 19.0 Å². The summed E-state index contributed by atoms with van der Waals surface area (Å²) in [5.74, 6) is 1.20. The van der Waals surface area contributed by atoms with Crippen molar-refractivity contribution >= 4 is 29.0 Å². The fraction of sp³-hybridized carbons (Fsp3) is 0.292. The summed E-state index contributed by atoms with van der Waals surface area (Å²) in [5, 5.41) is 15.3. The van der Waals surface area contributed by atoms with Gasteiger partial charge in [-0.2, -0.15) is 0 Å². The number of ether oxygens (including phenoxy) is 1. The summed E-state index contributed by atoms with van der Waals surface area (Å²) in [7, 11) is 0. The van der Waals surface area contributed by atoms with Gasteiger partial charge in [0.15, 0.2) is 11.0 Å². The smallest absolute Gasteiger partial charge is 0.270 e. The van der Waals surface area contributed by atoms with Crippen LogP contribution in [0.15, 0.2) is 65.4 Å². The molecule has 9 nitrogen and oxygen atoms in total. The third kappa shape index (κ3) is 5.93. The predicted molar refractivity (Wildman–Crippen MR) is 136 cm³/mol. The number of thiazole rings is 1. The summed E-state index contributed by atoms with van der Waals surface area (Å²) < 4.78 is 7.39. The molecule has 35 heavy (non-hydrogen) atoms. The maximum atomic E-state index is 12.5. The predicted octanol–water partition coefficient (Wildman–Crippen LogP) is 3.14. The number of hydrogen-bond donors (Lipinski definition) is 1. The second kappa shape index (κ2) is 11.5. The molecule has 0 atom stereocenters. The zero-order chi connectivity index (χ0) is 23.9. The molecule has 1 N–H and O–H groups in total. The molecule has 4 heterocycles. The van der Waals surface area contributed by atoms with Gasteiger partial charge in [-0.3, -0.25) is 19.2 Å². The molecule has 0 saturated carbocycles. The van der Waals surface area contributed by atoms with Crippen molar-refractivity contribution < 1.29 is 9.53 Å². The van der Waals surface area contributed by atoms with E-state index >= 15 is 0 Å². The van der Waals surface area contributed by atoms with Crippen LogP contribution in [-0.2, 0) is 10.5 Å². The number of rotatable bonds is 9. The van der Waals surface area contributed by atoms with Crippen molar-refractivity contribution in [1.29, 1.82) is 0 Å². The zero-order valence-corrected chi connectivity index (χ0v) is 20.7. The number of para-hydroxylation sites is 1. The fourth-order valence-corrected chi connectivity index (χ4v) is 5.46. The topological polar surface area (TPSA) is 98.1 Å². The Bertz CT molecular complexity index is 1240. The molecule has 3 aromatic heterocycles. The molecule has 1 amide bonds.